The number of oxime groups is 1. The van der Waals surface area contributed by atoms with Crippen LogP contribution in [-0.4, -0.2) is 18.9 Å². The van der Waals surface area contributed by atoms with E-state index < -0.39 is 0 Å². The lowest BCUT2D eigenvalue weighted by Gasteiger charge is -1.92. The minimum absolute atomic E-state index is 0.0606. The molecule has 0 amide bonds. The summed E-state index contributed by atoms with van der Waals surface area (Å²) in [6, 6.07) is -0.0606. The zero-order valence-corrected chi connectivity index (χ0v) is 6.29. The first-order valence-electron chi connectivity index (χ1n) is 3.08. The summed E-state index contributed by atoms with van der Waals surface area (Å²) >= 11 is 0. The second kappa shape index (κ2) is 6.12. The maximum atomic E-state index is 5.34. The van der Waals surface area contributed by atoms with Gasteiger partial charge in [0.05, 0.1) is 6.21 Å². The van der Waals surface area contributed by atoms with E-state index in [1.807, 2.05) is 6.92 Å². The first-order chi connectivity index (χ1) is 4.77. The van der Waals surface area contributed by atoms with E-state index in [1.165, 1.54) is 6.21 Å². The van der Waals surface area contributed by atoms with Crippen LogP contribution >= 0.6 is 0 Å². The van der Waals surface area contributed by atoms with Crippen molar-refractivity contribution in [3.05, 3.63) is 0 Å². The van der Waals surface area contributed by atoms with Crippen LogP contribution < -0.4 is 5.73 Å². The van der Waals surface area contributed by atoms with E-state index in [0.29, 0.717) is 6.61 Å². The number of nitrogens with zero attached hydrogens (tertiary/aromatic N) is 1. The van der Waals surface area contributed by atoms with Gasteiger partial charge in [-0.25, -0.2) is 0 Å². The van der Waals surface area contributed by atoms with Crippen LogP contribution in [0.15, 0.2) is 5.16 Å². The molecule has 0 rings (SSSR count). The number of nitrogens with two attached hydrogens (primary N) is 1. The van der Waals surface area contributed by atoms with Gasteiger partial charge >= 0.3 is 0 Å². The van der Waals surface area contributed by atoms with Gasteiger partial charge in [0, 0.05) is 6.04 Å². The maximum absolute atomic E-state index is 5.34. The molecule has 0 radical (unpaired) electrons. The second-order valence-corrected chi connectivity index (χ2v) is 1.81. The van der Waals surface area contributed by atoms with Crippen LogP contribution in [0.4, 0.5) is 0 Å². The summed E-state index contributed by atoms with van der Waals surface area (Å²) < 4.78 is 0. The van der Waals surface area contributed by atoms with E-state index >= 15 is 0 Å². The summed E-state index contributed by atoms with van der Waals surface area (Å²) in [7, 11) is 0. The molecular weight excluding hydrogens is 128 g/mol. The lowest BCUT2D eigenvalue weighted by molar-refractivity contribution is 0.180. The minimum atomic E-state index is -0.0606. The van der Waals surface area contributed by atoms with Gasteiger partial charge in [-0.05, 0) is 13.8 Å². The number of hydrogen-bond donors (Lipinski definition) is 1. The van der Waals surface area contributed by atoms with Gasteiger partial charge < -0.3 is 10.6 Å². The van der Waals surface area contributed by atoms with Crippen molar-refractivity contribution in [2.45, 2.75) is 19.9 Å². The Labute approximate surface area is 61.2 Å². The first kappa shape index (κ1) is 8.99. The van der Waals surface area contributed by atoms with Gasteiger partial charge in [-0.1, -0.05) is 11.1 Å². The van der Waals surface area contributed by atoms with E-state index in [-0.39, 0.29) is 6.04 Å². The van der Waals surface area contributed by atoms with Crippen molar-refractivity contribution in [3.63, 3.8) is 0 Å². The van der Waals surface area contributed by atoms with Crippen LogP contribution in [0.2, 0.25) is 0 Å². The van der Waals surface area contributed by atoms with Gasteiger partial charge in [0.1, 0.15) is 0 Å². The number of hydrogen-bond acceptors (Lipinski definition) is 3. The van der Waals surface area contributed by atoms with Crippen LogP contribution in [0.25, 0.3) is 0 Å². The molecule has 0 aromatic carbocycles. The molecule has 1 atom stereocenters. The van der Waals surface area contributed by atoms with Gasteiger partial charge in [0.15, 0.2) is 6.61 Å². The molecule has 0 aliphatic heterocycles. The molecule has 3 heteroatoms. The van der Waals surface area contributed by atoms with E-state index in [2.05, 4.69) is 17.0 Å². The fraction of sp³-hybridized carbons (Fsp3) is 0.571. The molecule has 0 aliphatic rings. The lowest BCUT2D eigenvalue weighted by atomic mass is 10.4. The Bertz CT molecular complexity index is 153. The fourth-order valence-corrected chi connectivity index (χ4v) is 0.281. The minimum Gasteiger partial charge on any atom is -0.383 e. The molecule has 0 fully saturated rings. The Morgan fingerprint density at radius 3 is 3.00 bits per heavy atom. The average Bonchev–Trinajstić information content (AvgIpc) is 1.87. The predicted molar refractivity (Wildman–Crippen MR) is 41.5 cm³/mol. The summed E-state index contributed by atoms with van der Waals surface area (Å²) in [5.41, 5.74) is 5.34. The number of rotatable bonds is 3. The molecular formula is C7H12N2O. The van der Waals surface area contributed by atoms with E-state index in [1.54, 1.807) is 6.92 Å². The van der Waals surface area contributed by atoms with Crippen molar-refractivity contribution in [1.82, 2.24) is 0 Å². The third-order valence-electron chi connectivity index (χ3n) is 0.684. The molecule has 56 valence electrons. The SMILES string of the molecule is CC#CCON=CC(C)N. The third-order valence-corrected chi connectivity index (χ3v) is 0.684. The second-order valence-electron chi connectivity index (χ2n) is 1.81. The molecule has 3 nitrogen and oxygen atoms in total. The average molecular weight is 140 g/mol. The molecule has 10 heavy (non-hydrogen) atoms. The van der Waals surface area contributed by atoms with Crippen molar-refractivity contribution in [1.29, 1.82) is 0 Å². The summed E-state index contributed by atoms with van der Waals surface area (Å²) in [4.78, 5) is 4.70. The van der Waals surface area contributed by atoms with E-state index in [4.69, 9.17) is 10.6 Å². The van der Waals surface area contributed by atoms with Crippen LogP contribution in [0.1, 0.15) is 13.8 Å². The molecule has 0 heterocycles. The van der Waals surface area contributed by atoms with E-state index in [0.717, 1.165) is 0 Å². The lowest BCUT2D eigenvalue weighted by Crippen LogP contribution is -2.16. The third kappa shape index (κ3) is 6.99. The van der Waals surface area contributed by atoms with Gasteiger partial charge in [-0.2, -0.15) is 0 Å². The quantitative estimate of drug-likeness (QED) is 0.266. The molecule has 0 aliphatic carbocycles. The normalized spacial score (nSPS) is 12.3. The largest absolute Gasteiger partial charge is 0.383 e. The fourth-order valence-electron chi connectivity index (χ4n) is 0.281. The Kier molecular flexibility index (Phi) is 5.50. The van der Waals surface area contributed by atoms with Crippen LogP contribution in [0, 0.1) is 11.8 Å². The highest BCUT2D eigenvalue weighted by Gasteiger charge is 1.82. The van der Waals surface area contributed by atoms with Gasteiger partial charge in [-0.15, -0.1) is 5.92 Å². The Hall–Kier alpha value is -1.01. The topological polar surface area (TPSA) is 47.6 Å². The van der Waals surface area contributed by atoms with Crippen LogP contribution in [0.5, 0.6) is 0 Å². The molecule has 0 aromatic heterocycles. The standard InChI is InChI=1S/C7H12N2O/c1-3-4-5-10-9-6-7(2)8/h6-7H,5,8H2,1-2H3. The Balaban J connectivity index is 3.24. The zero-order valence-electron chi connectivity index (χ0n) is 6.29. The molecule has 1 unspecified atom stereocenters. The molecule has 0 aromatic rings. The van der Waals surface area contributed by atoms with Crippen molar-refractivity contribution in [2.75, 3.05) is 6.61 Å². The summed E-state index contributed by atoms with van der Waals surface area (Å²) in [5.74, 6) is 5.37. The Morgan fingerprint density at radius 1 is 1.80 bits per heavy atom. The molecule has 0 saturated heterocycles. The highest BCUT2D eigenvalue weighted by molar-refractivity contribution is 5.62. The van der Waals surface area contributed by atoms with Crippen molar-refractivity contribution < 1.29 is 4.84 Å². The maximum Gasteiger partial charge on any atom is 0.177 e. The van der Waals surface area contributed by atoms with Gasteiger partial charge in [0.25, 0.3) is 0 Å². The van der Waals surface area contributed by atoms with Crippen LogP contribution in [0.3, 0.4) is 0 Å². The van der Waals surface area contributed by atoms with Crippen molar-refractivity contribution >= 4 is 6.21 Å². The van der Waals surface area contributed by atoms with E-state index in [9.17, 15) is 0 Å². The highest BCUT2D eigenvalue weighted by atomic mass is 16.6. The molecule has 0 spiro atoms. The molecule has 0 bridgehead atoms. The molecule has 2 N–H and O–H groups in total. The molecule has 0 saturated carbocycles. The van der Waals surface area contributed by atoms with Crippen molar-refractivity contribution in [3.8, 4) is 11.8 Å². The van der Waals surface area contributed by atoms with Gasteiger partial charge in [0.2, 0.25) is 0 Å². The Morgan fingerprint density at radius 2 is 2.50 bits per heavy atom. The predicted octanol–water partition coefficient (Wildman–Crippen LogP) is 0.359. The van der Waals surface area contributed by atoms with Gasteiger partial charge in [-0.3, -0.25) is 0 Å². The monoisotopic (exact) mass is 140 g/mol. The zero-order chi connectivity index (χ0) is 7.82. The smallest absolute Gasteiger partial charge is 0.177 e. The summed E-state index contributed by atoms with van der Waals surface area (Å²) in [6.45, 7) is 3.90. The summed E-state index contributed by atoms with van der Waals surface area (Å²) in [5, 5.41) is 3.56. The highest BCUT2D eigenvalue weighted by Crippen LogP contribution is 1.73. The summed E-state index contributed by atoms with van der Waals surface area (Å²) in [6.07, 6.45) is 1.53. The van der Waals surface area contributed by atoms with Crippen LogP contribution in [-0.2, 0) is 4.84 Å². The first-order valence-corrected chi connectivity index (χ1v) is 3.08. The van der Waals surface area contributed by atoms with Crippen molar-refractivity contribution in [2.24, 2.45) is 10.9 Å².